The molecule has 0 aliphatic heterocycles. The van der Waals surface area contributed by atoms with Crippen molar-refractivity contribution in [2.75, 3.05) is 13.2 Å². The van der Waals surface area contributed by atoms with Crippen LogP contribution >= 0.6 is 11.6 Å². The van der Waals surface area contributed by atoms with Gasteiger partial charge in [0.15, 0.2) is 0 Å². The molecule has 0 aliphatic rings. The smallest absolute Gasteiger partial charge is 0.330 e. The fraction of sp³-hybridized carbons (Fsp3) is 0.100. The van der Waals surface area contributed by atoms with Crippen LogP contribution in [0, 0.1) is 0 Å². The number of halogens is 1. The Morgan fingerprint density at radius 2 is 1.92 bits per heavy atom. The minimum absolute atomic E-state index is 0.156. The number of ether oxygens (including phenoxy) is 2. The van der Waals surface area contributed by atoms with Gasteiger partial charge in [-0.05, 0) is 30.3 Å². The number of fused-ring (bicyclic) bond motifs is 1. The van der Waals surface area contributed by atoms with Crippen LogP contribution in [0.25, 0.3) is 17.0 Å². The van der Waals surface area contributed by atoms with Crippen LogP contribution in [0.5, 0.6) is 5.75 Å². The second-order valence-corrected chi connectivity index (χ2v) is 5.67. The molecule has 0 spiro atoms. The molecule has 0 radical (unpaired) electrons. The maximum absolute atomic E-state index is 11.8. The first-order chi connectivity index (χ1) is 12.2. The molecule has 4 nitrogen and oxygen atoms in total. The van der Waals surface area contributed by atoms with Crippen molar-refractivity contribution in [3.05, 3.63) is 77.5 Å². The summed E-state index contributed by atoms with van der Waals surface area (Å²) in [4.78, 5) is 16.2. The average molecular weight is 354 g/mol. The van der Waals surface area contributed by atoms with Crippen LogP contribution in [0.3, 0.4) is 0 Å². The molecule has 1 heterocycles. The van der Waals surface area contributed by atoms with Crippen molar-refractivity contribution in [2.24, 2.45) is 0 Å². The molecular weight excluding hydrogens is 338 g/mol. The third-order valence-electron chi connectivity index (χ3n) is 3.46. The zero-order valence-electron chi connectivity index (χ0n) is 13.4. The number of rotatable bonds is 6. The van der Waals surface area contributed by atoms with Gasteiger partial charge in [-0.15, -0.1) is 0 Å². The first-order valence-corrected chi connectivity index (χ1v) is 8.17. The van der Waals surface area contributed by atoms with E-state index in [-0.39, 0.29) is 13.2 Å². The van der Waals surface area contributed by atoms with Crippen LogP contribution in [0.15, 0.2) is 66.9 Å². The molecule has 126 valence electrons. The highest BCUT2D eigenvalue weighted by molar-refractivity contribution is 6.30. The Labute approximate surface area is 150 Å². The van der Waals surface area contributed by atoms with Gasteiger partial charge in [-0.2, -0.15) is 0 Å². The number of pyridine rings is 1. The standard InChI is InChI=1S/C20H16ClNO3/c21-17-7-2-8-18(14-17)24-12-13-25-19(23)10-9-16-5-1-4-15-6-3-11-22-20(15)16/h1-11,14H,12-13H2. The molecule has 25 heavy (non-hydrogen) atoms. The lowest BCUT2D eigenvalue weighted by Gasteiger charge is -2.06. The predicted octanol–water partition coefficient (Wildman–Crippen LogP) is 4.52. The lowest BCUT2D eigenvalue weighted by molar-refractivity contribution is -0.138. The summed E-state index contributed by atoms with van der Waals surface area (Å²) in [6.45, 7) is 0.416. The summed E-state index contributed by atoms with van der Waals surface area (Å²) < 4.78 is 10.6. The van der Waals surface area contributed by atoms with Gasteiger partial charge < -0.3 is 9.47 Å². The summed E-state index contributed by atoms with van der Waals surface area (Å²) in [5, 5.41) is 1.62. The van der Waals surface area contributed by atoms with Crippen LogP contribution in [0.4, 0.5) is 0 Å². The molecule has 3 aromatic rings. The second kappa shape index (κ2) is 8.31. The highest BCUT2D eigenvalue weighted by atomic mass is 35.5. The van der Waals surface area contributed by atoms with Crippen LogP contribution < -0.4 is 4.74 Å². The van der Waals surface area contributed by atoms with Crippen molar-refractivity contribution in [2.45, 2.75) is 0 Å². The molecule has 0 atom stereocenters. The summed E-state index contributed by atoms with van der Waals surface area (Å²) in [6.07, 6.45) is 4.82. The number of hydrogen-bond acceptors (Lipinski definition) is 4. The van der Waals surface area contributed by atoms with Crippen molar-refractivity contribution in [3.63, 3.8) is 0 Å². The maximum Gasteiger partial charge on any atom is 0.330 e. The van der Waals surface area contributed by atoms with Gasteiger partial charge in [0.05, 0.1) is 5.52 Å². The molecule has 2 aromatic carbocycles. The van der Waals surface area contributed by atoms with Crippen LogP contribution in [0.1, 0.15) is 5.56 Å². The number of esters is 1. The summed E-state index contributed by atoms with van der Waals surface area (Å²) in [7, 11) is 0. The lowest BCUT2D eigenvalue weighted by atomic mass is 10.1. The Bertz CT molecular complexity index is 903. The van der Waals surface area contributed by atoms with E-state index in [1.807, 2.05) is 30.3 Å². The molecule has 1 aromatic heterocycles. The molecule has 0 amide bonds. The van der Waals surface area contributed by atoms with E-state index < -0.39 is 5.97 Å². The average Bonchev–Trinajstić information content (AvgIpc) is 2.63. The molecule has 0 aliphatic carbocycles. The maximum atomic E-state index is 11.8. The monoisotopic (exact) mass is 353 g/mol. The number of carbonyl (C=O) groups is 1. The molecule has 0 saturated heterocycles. The van der Waals surface area contributed by atoms with E-state index in [1.54, 1.807) is 36.5 Å². The van der Waals surface area contributed by atoms with Crippen LogP contribution in [0.2, 0.25) is 5.02 Å². The van der Waals surface area contributed by atoms with Gasteiger partial charge in [-0.25, -0.2) is 4.79 Å². The Morgan fingerprint density at radius 3 is 2.80 bits per heavy atom. The Hall–Kier alpha value is -2.85. The number of benzene rings is 2. The van der Waals surface area contributed by atoms with Gasteiger partial charge in [-0.3, -0.25) is 4.98 Å². The molecule has 5 heteroatoms. The summed E-state index contributed by atoms with van der Waals surface area (Å²) in [5.41, 5.74) is 1.71. The molecule has 3 rings (SSSR count). The largest absolute Gasteiger partial charge is 0.490 e. The van der Waals surface area contributed by atoms with Crippen molar-refractivity contribution >= 4 is 34.5 Å². The first kappa shape index (κ1) is 17.0. The quantitative estimate of drug-likeness (QED) is 0.371. The highest BCUT2D eigenvalue weighted by Crippen LogP contribution is 2.18. The van der Waals surface area contributed by atoms with Gasteiger partial charge in [0.25, 0.3) is 0 Å². The normalized spacial score (nSPS) is 10.9. The third-order valence-corrected chi connectivity index (χ3v) is 3.69. The lowest BCUT2D eigenvalue weighted by Crippen LogP contribution is -2.10. The van der Waals surface area contributed by atoms with E-state index in [0.29, 0.717) is 10.8 Å². The Morgan fingerprint density at radius 1 is 1.08 bits per heavy atom. The number of aromatic nitrogens is 1. The summed E-state index contributed by atoms with van der Waals surface area (Å²) >= 11 is 5.87. The van der Waals surface area contributed by atoms with Crippen molar-refractivity contribution < 1.29 is 14.3 Å². The molecule has 0 unspecified atom stereocenters. The Kier molecular flexibility index (Phi) is 5.65. The molecule has 0 fully saturated rings. The van der Waals surface area contributed by atoms with Gasteiger partial charge in [-0.1, -0.05) is 41.9 Å². The first-order valence-electron chi connectivity index (χ1n) is 7.79. The van der Waals surface area contributed by atoms with E-state index in [0.717, 1.165) is 16.5 Å². The van der Waals surface area contributed by atoms with Gasteiger partial charge in [0, 0.05) is 28.2 Å². The van der Waals surface area contributed by atoms with Crippen LogP contribution in [-0.2, 0) is 9.53 Å². The fourth-order valence-electron chi connectivity index (χ4n) is 2.33. The van der Waals surface area contributed by atoms with Crippen molar-refractivity contribution in [1.82, 2.24) is 4.98 Å². The zero-order valence-corrected chi connectivity index (χ0v) is 14.1. The molecule has 0 bridgehead atoms. The van der Waals surface area contributed by atoms with Crippen molar-refractivity contribution in [1.29, 1.82) is 0 Å². The number of hydrogen-bond donors (Lipinski definition) is 0. The second-order valence-electron chi connectivity index (χ2n) is 5.23. The third kappa shape index (κ3) is 4.81. The van der Waals surface area contributed by atoms with E-state index in [2.05, 4.69) is 4.98 Å². The van der Waals surface area contributed by atoms with Gasteiger partial charge in [0.2, 0.25) is 0 Å². The van der Waals surface area contributed by atoms with E-state index in [4.69, 9.17) is 21.1 Å². The number of para-hydroxylation sites is 1. The molecule has 0 N–H and O–H groups in total. The summed E-state index contributed by atoms with van der Waals surface area (Å²) in [5.74, 6) is 0.212. The minimum atomic E-state index is -0.428. The van der Waals surface area contributed by atoms with E-state index in [9.17, 15) is 4.79 Å². The number of carbonyl (C=O) groups excluding carboxylic acids is 1. The Balaban J connectivity index is 1.51. The highest BCUT2D eigenvalue weighted by Gasteiger charge is 2.01. The molecule has 0 saturated carbocycles. The SMILES string of the molecule is O=C(C=Cc1cccc2cccnc12)OCCOc1cccc(Cl)c1. The van der Waals surface area contributed by atoms with Gasteiger partial charge >= 0.3 is 5.97 Å². The minimum Gasteiger partial charge on any atom is -0.490 e. The predicted molar refractivity (Wildman–Crippen MR) is 98.7 cm³/mol. The van der Waals surface area contributed by atoms with Gasteiger partial charge in [0.1, 0.15) is 19.0 Å². The zero-order chi connectivity index (χ0) is 17.5. The number of nitrogens with zero attached hydrogens (tertiary/aromatic N) is 1. The summed E-state index contributed by atoms with van der Waals surface area (Å²) in [6, 6.07) is 16.7. The molecular formula is C20H16ClNO3. The van der Waals surface area contributed by atoms with Crippen LogP contribution in [-0.4, -0.2) is 24.2 Å². The van der Waals surface area contributed by atoms with Crippen molar-refractivity contribution in [3.8, 4) is 5.75 Å². The van der Waals surface area contributed by atoms with E-state index in [1.165, 1.54) is 6.08 Å². The topological polar surface area (TPSA) is 48.4 Å². The fourth-order valence-corrected chi connectivity index (χ4v) is 2.51. The van der Waals surface area contributed by atoms with E-state index >= 15 is 0 Å².